The number of hydrogen-bond acceptors (Lipinski definition) is 1. The van der Waals surface area contributed by atoms with Crippen LogP contribution < -0.4 is 0 Å². The van der Waals surface area contributed by atoms with Crippen molar-refractivity contribution in [2.45, 2.75) is 38.9 Å². The van der Waals surface area contributed by atoms with E-state index in [-0.39, 0.29) is 0 Å². The Bertz CT molecular complexity index is 119. The number of allylic oxidation sites excluding steroid dienone is 2. The lowest BCUT2D eigenvalue weighted by atomic mass is 10.4. The summed E-state index contributed by atoms with van der Waals surface area (Å²) in [7, 11) is 0.551. The maximum atomic E-state index is 5.42. The van der Waals surface area contributed by atoms with E-state index in [9.17, 15) is 0 Å². The molecule has 0 saturated carbocycles. The molecule has 0 aliphatic heterocycles. The van der Waals surface area contributed by atoms with Crippen LogP contribution in [0.4, 0.5) is 0 Å². The highest BCUT2D eigenvalue weighted by molar-refractivity contribution is 6.71. The highest BCUT2D eigenvalue weighted by Crippen LogP contribution is 2.12. The van der Waals surface area contributed by atoms with Crippen LogP contribution in [0.2, 0.25) is 19.1 Å². The summed E-state index contributed by atoms with van der Waals surface area (Å²) in [6.45, 7) is 6.68. The molecule has 0 unspecified atom stereocenters. The molecule has 0 fully saturated rings. The third-order valence-corrected chi connectivity index (χ3v) is 4.47. The molecule has 0 rings (SSSR count). The second-order valence-corrected chi connectivity index (χ2v) is 7.81. The lowest BCUT2D eigenvalue weighted by molar-refractivity contribution is 0.403. The van der Waals surface area contributed by atoms with Crippen LogP contribution in [0.3, 0.4) is 0 Å². The van der Waals surface area contributed by atoms with Gasteiger partial charge >= 0.3 is 0 Å². The Morgan fingerprint density at radius 3 is 2.36 bits per heavy atom. The molecule has 0 aliphatic rings. The molecule has 0 aliphatic carbocycles. The number of hydrogen-bond donors (Lipinski definition) is 0. The summed E-state index contributed by atoms with van der Waals surface area (Å²) in [6.07, 6.45) is 6.81. The van der Waals surface area contributed by atoms with Gasteiger partial charge in [0.15, 0.2) is 8.32 Å². The first-order valence-corrected chi connectivity index (χ1v) is 7.44. The van der Waals surface area contributed by atoms with Crippen LogP contribution in [-0.4, -0.2) is 15.4 Å². The van der Waals surface area contributed by atoms with Gasteiger partial charge in [-0.15, -0.1) is 0 Å². The van der Waals surface area contributed by atoms with Gasteiger partial charge in [-0.05, 0) is 32.0 Å². The molecular weight excluding hydrogens is 152 g/mol. The van der Waals surface area contributed by atoms with Crippen LogP contribution >= 0.6 is 0 Å². The molecule has 0 atom stereocenters. The van der Waals surface area contributed by atoms with E-state index in [1.165, 1.54) is 12.5 Å². The monoisotopic (exact) mass is 172 g/mol. The van der Waals surface area contributed by atoms with Gasteiger partial charge < -0.3 is 4.43 Å². The molecule has 11 heavy (non-hydrogen) atoms. The van der Waals surface area contributed by atoms with Gasteiger partial charge in [0.25, 0.3) is 0 Å². The molecule has 1 nitrogen and oxygen atoms in total. The minimum Gasteiger partial charge on any atom is -0.420 e. The summed E-state index contributed by atoms with van der Waals surface area (Å²) in [4.78, 5) is 0. The summed E-state index contributed by atoms with van der Waals surface area (Å²) < 4.78 is 5.42. The van der Waals surface area contributed by atoms with Gasteiger partial charge in [-0.1, -0.05) is 19.1 Å². The van der Waals surface area contributed by atoms with E-state index in [1.54, 1.807) is 0 Å². The maximum absolute atomic E-state index is 5.42. The molecule has 66 valence electrons. The predicted octanol–water partition coefficient (Wildman–Crippen LogP) is 3.19. The van der Waals surface area contributed by atoms with Gasteiger partial charge in [0.1, 0.15) is 0 Å². The van der Waals surface area contributed by atoms with Gasteiger partial charge in [-0.25, -0.2) is 0 Å². The van der Waals surface area contributed by atoms with Crippen molar-refractivity contribution in [3.63, 3.8) is 0 Å². The summed E-state index contributed by atoms with van der Waals surface area (Å²) in [5.41, 5.74) is 0. The molecular formula is C9H20OSi. The molecule has 2 heteroatoms. The SMILES string of the molecule is CCC=CCC[Si](C)(C)OC. The average molecular weight is 172 g/mol. The maximum Gasteiger partial charge on any atom is 0.186 e. The quantitative estimate of drug-likeness (QED) is 0.457. The largest absolute Gasteiger partial charge is 0.420 e. The molecule has 0 amide bonds. The molecule has 0 radical (unpaired) electrons. The first-order chi connectivity index (χ1) is 5.12. The third-order valence-electron chi connectivity index (χ3n) is 1.87. The molecule has 0 bridgehead atoms. The fourth-order valence-corrected chi connectivity index (χ4v) is 1.88. The lowest BCUT2D eigenvalue weighted by Crippen LogP contribution is -2.27. The van der Waals surface area contributed by atoms with Crippen molar-refractivity contribution < 1.29 is 4.43 Å². The summed E-state index contributed by atoms with van der Waals surface area (Å²) in [6, 6.07) is 1.24. The highest BCUT2D eigenvalue weighted by atomic mass is 28.4. The summed E-state index contributed by atoms with van der Waals surface area (Å²) >= 11 is 0. The Morgan fingerprint density at radius 2 is 1.91 bits per heavy atom. The fraction of sp³-hybridized carbons (Fsp3) is 0.778. The number of rotatable bonds is 5. The standard InChI is InChI=1S/C9H20OSi/c1-5-6-7-8-9-11(3,4)10-2/h6-7H,5,8-9H2,1-4H3. The third kappa shape index (κ3) is 6.32. The Hall–Kier alpha value is -0.0831. The normalized spacial score (nSPS) is 12.7. The first kappa shape index (κ1) is 10.9. The van der Waals surface area contributed by atoms with Crippen LogP contribution in [0.1, 0.15) is 19.8 Å². The van der Waals surface area contributed by atoms with E-state index >= 15 is 0 Å². The van der Waals surface area contributed by atoms with E-state index in [0.29, 0.717) is 0 Å². The summed E-state index contributed by atoms with van der Waals surface area (Å²) in [5, 5.41) is 0. The molecule has 0 aromatic carbocycles. The van der Waals surface area contributed by atoms with E-state index < -0.39 is 8.32 Å². The van der Waals surface area contributed by atoms with Gasteiger partial charge in [0.05, 0.1) is 0 Å². The summed E-state index contributed by atoms with van der Waals surface area (Å²) in [5.74, 6) is 0. The van der Waals surface area contributed by atoms with E-state index in [0.717, 1.165) is 6.42 Å². The van der Waals surface area contributed by atoms with Crippen LogP contribution in [0.25, 0.3) is 0 Å². The van der Waals surface area contributed by atoms with Crippen molar-refractivity contribution in [3.05, 3.63) is 12.2 Å². The van der Waals surface area contributed by atoms with Crippen LogP contribution in [0.5, 0.6) is 0 Å². The van der Waals surface area contributed by atoms with Crippen molar-refractivity contribution in [3.8, 4) is 0 Å². The van der Waals surface area contributed by atoms with Crippen molar-refractivity contribution in [1.82, 2.24) is 0 Å². The fourth-order valence-electron chi connectivity index (χ4n) is 0.818. The zero-order chi connectivity index (χ0) is 8.74. The minimum atomic E-state index is -1.28. The lowest BCUT2D eigenvalue weighted by Gasteiger charge is -2.18. The Morgan fingerprint density at radius 1 is 1.27 bits per heavy atom. The molecule has 0 aromatic rings. The molecule has 0 spiro atoms. The van der Waals surface area contributed by atoms with Crippen LogP contribution in [-0.2, 0) is 4.43 Å². The van der Waals surface area contributed by atoms with E-state index in [1.807, 2.05) is 7.11 Å². The zero-order valence-electron chi connectivity index (χ0n) is 8.18. The molecule has 0 aromatic heterocycles. The zero-order valence-corrected chi connectivity index (χ0v) is 9.18. The highest BCUT2D eigenvalue weighted by Gasteiger charge is 2.18. The minimum absolute atomic E-state index is 1.15. The van der Waals surface area contributed by atoms with Crippen molar-refractivity contribution in [2.75, 3.05) is 7.11 Å². The van der Waals surface area contributed by atoms with Gasteiger partial charge in [0.2, 0.25) is 0 Å². The van der Waals surface area contributed by atoms with Gasteiger partial charge in [-0.2, -0.15) is 0 Å². The molecule has 0 saturated heterocycles. The van der Waals surface area contributed by atoms with Gasteiger partial charge in [0, 0.05) is 7.11 Å². The van der Waals surface area contributed by atoms with Crippen molar-refractivity contribution in [2.24, 2.45) is 0 Å². The second kappa shape index (κ2) is 5.55. The van der Waals surface area contributed by atoms with Crippen molar-refractivity contribution >= 4 is 8.32 Å². The molecule has 0 N–H and O–H groups in total. The Labute approximate surface area is 71.6 Å². The topological polar surface area (TPSA) is 9.23 Å². The van der Waals surface area contributed by atoms with E-state index in [4.69, 9.17) is 4.43 Å². The van der Waals surface area contributed by atoms with Crippen LogP contribution in [0.15, 0.2) is 12.2 Å². The van der Waals surface area contributed by atoms with Crippen molar-refractivity contribution in [1.29, 1.82) is 0 Å². The smallest absolute Gasteiger partial charge is 0.186 e. The van der Waals surface area contributed by atoms with E-state index in [2.05, 4.69) is 32.2 Å². The second-order valence-electron chi connectivity index (χ2n) is 3.38. The van der Waals surface area contributed by atoms with Crippen LogP contribution in [0, 0.1) is 0 Å². The molecule has 0 heterocycles. The first-order valence-electron chi connectivity index (χ1n) is 4.32. The predicted molar refractivity (Wildman–Crippen MR) is 53.3 cm³/mol. The Balaban J connectivity index is 3.45. The average Bonchev–Trinajstić information content (AvgIpc) is 1.99. The van der Waals surface area contributed by atoms with Gasteiger partial charge in [-0.3, -0.25) is 0 Å². The Kier molecular flexibility index (Phi) is 5.51.